The van der Waals surface area contributed by atoms with Crippen LogP contribution in [0.2, 0.25) is 0 Å². The van der Waals surface area contributed by atoms with Gasteiger partial charge in [0.1, 0.15) is 11.9 Å². The van der Waals surface area contributed by atoms with Crippen LogP contribution in [0.4, 0.5) is 4.39 Å². The van der Waals surface area contributed by atoms with Gasteiger partial charge in [-0.15, -0.1) is 0 Å². The number of hydrogen-bond acceptors (Lipinski definition) is 3. The summed E-state index contributed by atoms with van der Waals surface area (Å²) in [4.78, 5) is 22.5. The number of benzene rings is 1. The second-order valence-electron chi connectivity index (χ2n) is 3.81. The van der Waals surface area contributed by atoms with Gasteiger partial charge in [-0.1, -0.05) is 12.1 Å². The minimum absolute atomic E-state index is 0.130. The lowest BCUT2D eigenvalue weighted by Gasteiger charge is -2.13. The SMILES string of the molecule is Cc1cccc(C(=O)NC(CCO)C(=O)O)c1F. The zero-order valence-electron chi connectivity index (χ0n) is 9.81. The highest BCUT2D eigenvalue weighted by atomic mass is 19.1. The summed E-state index contributed by atoms with van der Waals surface area (Å²) in [5.41, 5.74) is 0.0934. The molecule has 98 valence electrons. The first-order valence-corrected chi connectivity index (χ1v) is 5.37. The van der Waals surface area contributed by atoms with Gasteiger partial charge >= 0.3 is 5.97 Å². The van der Waals surface area contributed by atoms with E-state index < -0.39 is 23.7 Å². The Hall–Kier alpha value is -1.95. The molecule has 5 nitrogen and oxygen atoms in total. The molecule has 0 aliphatic rings. The summed E-state index contributed by atoms with van der Waals surface area (Å²) in [6, 6.07) is 3.06. The highest BCUT2D eigenvalue weighted by Gasteiger charge is 2.21. The molecule has 1 aromatic carbocycles. The fraction of sp³-hybridized carbons (Fsp3) is 0.333. The molecule has 0 aromatic heterocycles. The molecule has 1 aromatic rings. The lowest BCUT2D eigenvalue weighted by atomic mass is 10.1. The number of amides is 1. The first-order valence-electron chi connectivity index (χ1n) is 5.37. The molecule has 6 heteroatoms. The zero-order chi connectivity index (χ0) is 13.7. The lowest BCUT2D eigenvalue weighted by Crippen LogP contribution is -2.41. The van der Waals surface area contributed by atoms with Gasteiger partial charge in [0.2, 0.25) is 0 Å². The molecular formula is C12H14FNO4. The van der Waals surface area contributed by atoms with Crippen molar-refractivity contribution in [2.75, 3.05) is 6.61 Å². The van der Waals surface area contributed by atoms with Crippen LogP contribution in [0.5, 0.6) is 0 Å². The van der Waals surface area contributed by atoms with E-state index in [1.165, 1.54) is 25.1 Å². The molecule has 0 aliphatic heterocycles. The van der Waals surface area contributed by atoms with Gasteiger partial charge < -0.3 is 15.5 Å². The maximum Gasteiger partial charge on any atom is 0.326 e. The van der Waals surface area contributed by atoms with E-state index in [-0.39, 0.29) is 18.6 Å². The number of aryl methyl sites for hydroxylation is 1. The van der Waals surface area contributed by atoms with Crippen LogP contribution < -0.4 is 5.32 Å². The van der Waals surface area contributed by atoms with Crippen molar-refractivity contribution in [1.82, 2.24) is 5.32 Å². The second-order valence-corrected chi connectivity index (χ2v) is 3.81. The van der Waals surface area contributed by atoms with E-state index in [0.717, 1.165) is 0 Å². The molecular weight excluding hydrogens is 241 g/mol. The van der Waals surface area contributed by atoms with Gasteiger partial charge in [-0.2, -0.15) is 0 Å². The van der Waals surface area contributed by atoms with E-state index in [1.807, 2.05) is 0 Å². The molecule has 1 amide bonds. The lowest BCUT2D eigenvalue weighted by molar-refractivity contribution is -0.139. The van der Waals surface area contributed by atoms with Crippen molar-refractivity contribution in [3.05, 3.63) is 35.1 Å². The van der Waals surface area contributed by atoms with Crippen LogP contribution in [-0.2, 0) is 4.79 Å². The van der Waals surface area contributed by atoms with Gasteiger partial charge in [-0.25, -0.2) is 9.18 Å². The standard InChI is InChI=1S/C12H14FNO4/c1-7-3-2-4-8(10(7)13)11(16)14-9(5-6-15)12(17)18/h2-4,9,15H,5-6H2,1H3,(H,14,16)(H,17,18). The number of aliphatic hydroxyl groups is 1. The van der Waals surface area contributed by atoms with Crippen molar-refractivity contribution in [1.29, 1.82) is 0 Å². The maximum atomic E-state index is 13.6. The van der Waals surface area contributed by atoms with Crippen LogP contribution in [0.25, 0.3) is 0 Å². The normalized spacial score (nSPS) is 11.9. The number of carbonyl (C=O) groups excluding carboxylic acids is 1. The highest BCUT2D eigenvalue weighted by Crippen LogP contribution is 2.12. The Morgan fingerprint density at radius 1 is 1.44 bits per heavy atom. The van der Waals surface area contributed by atoms with Crippen molar-refractivity contribution in [3.8, 4) is 0 Å². The molecule has 0 saturated carbocycles. The predicted octanol–water partition coefficient (Wildman–Crippen LogP) is 0.700. The molecule has 0 saturated heterocycles. The number of carbonyl (C=O) groups is 2. The summed E-state index contributed by atoms with van der Waals surface area (Å²) in [7, 11) is 0. The highest BCUT2D eigenvalue weighted by molar-refractivity contribution is 5.97. The summed E-state index contributed by atoms with van der Waals surface area (Å²) < 4.78 is 13.6. The molecule has 0 bridgehead atoms. The number of carboxylic acids is 1. The van der Waals surface area contributed by atoms with Gasteiger partial charge in [0, 0.05) is 13.0 Å². The number of aliphatic carboxylic acids is 1. The minimum atomic E-state index is -1.27. The fourth-order valence-corrected chi connectivity index (χ4v) is 1.45. The maximum absolute atomic E-state index is 13.6. The van der Waals surface area contributed by atoms with Crippen LogP contribution in [0, 0.1) is 12.7 Å². The van der Waals surface area contributed by atoms with E-state index in [9.17, 15) is 14.0 Å². The molecule has 1 atom stereocenters. The molecule has 1 rings (SSSR count). The molecule has 0 spiro atoms. The van der Waals surface area contributed by atoms with Gasteiger partial charge in [0.25, 0.3) is 5.91 Å². The summed E-state index contributed by atoms with van der Waals surface area (Å²) in [5, 5.41) is 19.6. The fourth-order valence-electron chi connectivity index (χ4n) is 1.45. The van der Waals surface area contributed by atoms with Crippen molar-refractivity contribution < 1.29 is 24.2 Å². The summed E-state index contributed by atoms with van der Waals surface area (Å²) in [6.45, 7) is 1.13. The number of aliphatic hydroxyl groups excluding tert-OH is 1. The van der Waals surface area contributed by atoms with Crippen LogP contribution in [0.3, 0.4) is 0 Å². The van der Waals surface area contributed by atoms with E-state index in [2.05, 4.69) is 5.32 Å². The van der Waals surface area contributed by atoms with Crippen molar-refractivity contribution in [2.24, 2.45) is 0 Å². The summed E-state index contributed by atoms with van der Waals surface area (Å²) >= 11 is 0. The Kier molecular flexibility index (Phi) is 4.79. The number of nitrogens with one attached hydrogen (secondary N) is 1. The van der Waals surface area contributed by atoms with Crippen LogP contribution >= 0.6 is 0 Å². The third kappa shape index (κ3) is 3.27. The number of rotatable bonds is 5. The first kappa shape index (κ1) is 14.1. The van der Waals surface area contributed by atoms with Gasteiger partial charge in [0.05, 0.1) is 5.56 Å². The van der Waals surface area contributed by atoms with Gasteiger partial charge in [-0.05, 0) is 18.6 Å². The number of halogens is 1. The molecule has 18 heavy (non-hydrogen) atoms. The van der Waals surface area contributed by atoms with Crippen molar-refractivity contribution >= 4 is 11.9 Å². The van der Waals surface area contributed by atoms with E-state index in [0.29, 0.717) is 5.56 Å². The summed E-state index contributed by atoms with van der Waals surface area (Å²) in [5.74, 6) is -2.76. The first-order chi connectivity index (χ1) is 8.47. The molecule has 1 unspecified atom stereocenters. The molecule has 0 fully saturated rings. The number of hydrogen-bond donors (Lipinski definition) is 3. The van der Waals surface area contributed by atoms with Gasteiger partial charge in [0.15, 0.2) is 0 Å². The monoisotopic (exact) mass is 255 g/mol. The largest absolute Gasteiger partial charge is 0.480 e. The Morgan fingerprint density at radius 3 is 2.67 bits per heavy atom. The zero-order valence-corrected chi connectivity index (χ0v) is 9.81. The Balaban J connectivity index is 2.87. The molecule has 3 N–H and O–H groups in total. The van der Waals surface area contributed by atoms with Crippen LogP contribution in [0.1, 0.15) is 22.3 Å². The van der Waals surface area contributed by atoms with Crippen molar-refractivity contribution in [3.63, 3.8) is 0 Å². The quantitative estimate of drug-likeness (QED) is 0.722. The van der Waals surface area contributed by atoms with Crippen LogP contribution in [0.15, 0.2) is 18.2 Å². The molecule has 0 radical (unpaired) electrons. The average molecular weight is 255 g/mol. The average Bonchev–Trinajstić information content (AvgIpc) is 2.31. The molecule has 0 heterocycles. The van der Waals surface area contributed by atoms with Crippen molar-refractivity contribution in [2.45, 2.75) is 19.4 Å². The van der Waals surface area contributed by atoms with Crippen LogP contribution in [-0.4, -0.2) is 34.7 Å². The van der Waals surface area contributed by atoms with Gasteiger partial charge in [-0.3, -0.25) is 4.79 Å². The Labute approximate surface area is 103 Å². The third-order valence-corrected chi connectivity index (χ3v) is 2.46. The second kappa shape index (κ2) is 6.11. The smallest absolute Gasteiger partial charge is 0.326 e. The topological polar surface area (TPSA) is 86.6 Å². The number of carboxylic acid groups (broad SMARTS) is 1. The minimum Gasteiger partial charge on any atom is -0.480 e. The predicted molar refractivity (Wildman–Crippen MR) is 61.7 cm³/mol. The van der Waals surface area contributed by atoms with E-state index in [4.69, 9.17) is 10.2 Å². The van der Waals surface area contributed by atoms with E-state index in [1.54, 1.807) is 0 Å². The third-order valence-electron chi connectivity index (χ3n) is 2.46. The Morgan fingerprint density at radius 2 is 2.11 bits per heavy atom. The summed E-state index contributed by atoms with van der Waals surface area (Å²) in [6.07, 6.45) is -0.130. The molecule has 0 aliphatic carbocycles. The van der Waals surface area contributed by atoms with E-state index >= 15 is 0 Å². The Bertz CT molecular complexity index is 461.